The quantitative estimate of drug-likeness (QED) is 0.154. The fourth-order valence-corrected chi connectivity index (χ4v) is 5.27. The van der Waals surface area contributed by atoms with Gasteiger partial charge < -0.3 is 50.7 Å². The molecule has 11 atom stereocenters. The molecule has 0 fully saturated rings. The van der Waals surface area contributed by atoms with Gasteiger partial charge in [0.05, 0.1) is 48.8 Å². The molecule has 0 unspecified atom stereocenters. The summed E-state index contributed by atoms with van der Waals surface area (Å²) in [5, 5.41) is 94.8. The topological polar surface area (TPSA) is 208 Å². The second-order valence-corrected chi connectivity index (χ2v) is 12.4. The lowest BCUT2D eigenvalue weighted by Crippen LogP contribution is -2.43. The minimum Gasteiger partial charge on any atom is -0.459 e. The monoisotopic (exact) mass is 654 g/mol. The van der Waals surface area contributed by atoms with Crippen LogP contribution in [-0.4, -0.2) is 113 Å². The van der Waals surface area contributed by atoms with Crippen LogP contribution in [-0.2, 0) is 9.53 Å². The second-order valence-electron chi connectivity index (χ2n) is 12.4. The Hall–Kier alpha value is -2.19. The van der Waals surface area contributed by atoms with Gasteiger partial charge in [-0.05, 0) is 51.5 Å². The molecular formula is C35H58O11. The lowest BCUT2D eigenvalue weighted by Gasteiger charge is -2.29. The van der Waals surface area contributed by atoms with E-state index in [0.717, 1.165) is 12.8 Å². The van der Waals surface area contributed by atoms with Crippen LogP contribution in [0.2, 0.25) is 0 Å². The summed E-state index contributed by atoms with van der Waals surface area (Å²) in [6.45, 7) is 5.18. The van der Waals surface area contributed by atoms with Crippen LogP contribution in [0.4, 0.5) is 0 Å². The summed E-state index contributed by atoms with van der Waals surface area (Å²) in [5.41, 5.74) is 0.609. The van der Waals surface area contributed by atoms with Gasteiger partial charge >= 0.3 is 5.97 Å². The van der Waals surface area contributed by atoms with Crippen LogP contribution in [0.1, 0.15) is 85.0 Å². The molecule has 9 N–H and O–H groups in total. The highest BCUT2D eigenvalue weighted by Gasteiger charge is 2.37. The van der Waals surface area contributed by atoms with E-state index in [2.05, 4.69) is 0 Å². The number of hydrogen-bond acceptors (Lipinski definition) is 11. The fourth-order valence-electron chi connectivity index (χ4n) is 5.27. The maximum absolute atomic E-state index is 13.1. The van der Waals surface area contributed by atoms with E-state index in [9.17, 15) is 50.8 Å². The highest BCUT2D eigenvalue weighted by atomic mass is 16.6. The molecule has 1 heterocycles. The van der Waals surface area contributed by atoms with Crippen LogP contribution >= 0.6 is 0 Å². The Balaban J connectivity index is 3.14. The van der Waals surface area contributed by atoms with Crippen LogP contribution < -0.4 is 0 Å². The molecule has 0 aromatic rings. The first-order valence-electron chi connectivity index (χ1n) is 16.4. The number of rotatable bonds is 5. The van der Waals surface area contributed by atoms with Crippen LogP contribution in [0.25, 0.3) is 0 Å². The van der Waals surface area contributed by atoms with E-state index < -0.39 is 72.9 Å². The lowest BCUT2D eigenvalue weighted by molar-refractivity contribution is -0.168. The average molecular weight is 655 g/mol. The van der Waals surface area contributed by atoms with E-state index >= 15 is 0 Å². The summed E-state index contributed by atoms with van der Waals surface area (Å²) in [7, 11) is 0. The van der Waals surface area contributed by atoms with E-state index in [1.54, 1.807) is 55.5 Å². The number of hydrogen-bond donors (Lipinski definition) is 9. The third-order valence-corrected chi connectivity index (χ3v) is 8.03. The van der Waals surface area contributed by atoms with Gasteiger partial charge in [0.1, 0.15) is 18.1 Å². The largest absolute Gasteiger partial charge is 0.459 e. The fraction of sp³-hybridized carbons (Fsp3) is 0.686. The van der Waals surface area contributed by atoms with Crippen LogP contribution in [0.3, 0.4) is 0 Å². The Labute approximate surface area is 273 Å². The van der Waals surface area contributed by atoms with Gasteiger partial charge in [-0.1, -0.05) is 80.9 Å². The van der Waals surface area contributed by atoms with E-state index in [0.29, 0.717) is 12.0 Å². The van der Waals surface area contributed by atoms with Crippen molar-refractivity contribution in [3.05, 3.63) is 60.3 Å². The van der Waals surface area contributed by atoms with Crippen molar-refractivity contribution < 1.29 is 55.5 Å². The average Bonchev–Trinajstić information content (AvgIpc) is 2.94. The Morgan fingerprint density at radius 1 is 0.717 bits per heavy atom. The molecular weight excluding hydrogens is 596 g/mol. The Kier molecular flexibility index (Phi) is 21.1. The predicted molar refractivity (Wildman–Crippen MR) is 175 cm³/mol. The predicted octanol–water partition coefficient (Wildman–Crippen LogP) is 1.89. The molecule has 0 radical (unpaired) electrons. The molecule has 0 saturated carbocycles. The maximum Gasteiger partial charge on any atom is 0.314 e. The van der Waals surface area contributed by atoms with Crippen LogP contribution in [0.15, 0.2) is 60.3 Å². The van der Waals surface area contributed by atoms with Gasteiger partial charge in [0.2, 0.25) is 0 Å². The van der Waals surface area contributed by atoms with E-state index in [1.165, 1.54) is 13.0 Å². The third-order valence-electron chi connectivity index (χ3n) is 8.03. The minimum absolute atomic E-state index is 0.0162. The number of esters is 1. The van der Waals surface area contributed by atoms with Gasteiger partial charge in [-0.15, -0.1) is 0 Å². The molecule has 0 aliphatic carbocycles. The normalized spacial score (nSPS) is 38.6. The van der Waals surface area contributed by atoms with Gasteiger partial charge in [-0.2, -0.15) is 0 Å². The van der Waals surface area contributed by atoms with E-state index in [-0.39, 0.29) is 44.9 Å². The molecule has 46 heavy (non-hydrogen) atoms. The van der Waals surface area contributed by atoms with Gasteiger partial charge in [0, 0.05) is 12.8 Å². The summed E-state index contributed by atoms with van der Waals surface area (Å²) in [6.07, 6.45) is 4.69. The van der Waals surface area contributed by atoms with Gasteiger partial charge in [-0.3, -0.25) is 4.79 Å². The van der Waals surface area contributed by atoms with Crippen molar-refractivity contribution >= 4 is 5.97 Å². The summed E-state index contributed by atoms with van der Waals surface area (Å²) < 4.78 is 5.42. The van der Waals surface area contributed by atoms with Crippen molar-refractivity contribution in [2.24, 2.45) is 5.92 Å². The second kappa shape index (κ2) is 23.2. The summed E-state index contributed by atoms with van der Waals surface area (Å²) >= 11 is 0. The number of ether oxygens (including phenoxy) is 1. The molecule has 11 nitrogen and oxygen atoms in total. The van der Waals surface area contributed by atoms with E-state index in [4.69, 9.17) is 4.74 Å². The standard InChI is InChI=1S/C35H58O11/c1-4-5-11-16-31(42)34-33(44)22-29(40)20-27(38)18-25(36)17-26(37)19-28(39)21-32(43)23(2)14-12-9-7-6-8-10-13-15-30(41)24(3)46-35(34)45/h6-10,12-15,24-34,36-44H,4-5,11,16-22H2,1-3H3/b7-6-,10-8-,12-9-,15-13-,23-14+/t24-,25+,26-,27+,28-,29+,30+,31-,32+,33+,34-/m1/s1. The molecule has 0 bridgehead atoms. The SMILES string of the molecule is CCCCC[C@@H](O)[C@H]1C(=O)O[C@H](C)[C@@H](O)\C=C/C=C\C=C/C=C\C=C(/C)[C@@H](O)C[C@H](O)C[C@H](O)C[C@H](O)C[C@H](O)C[C@H](O)C[C@@H]1O. The van der Waals surface area contributed by atoms with E-state index in [1.807, 2.05) is 6.92 Å². The number of aliphatic hydroxyl groups excluding tert-OH is 9. The van der Waals surface area contributed by atoms with Gasteiger partial charge in [0.15, 0.2) is 0 Å². The summed E-state index contributed by atoms with van der Waals surface area (Å²) in [4.78, 5) is 13.1. The van der Waals surface area contributed by atoms with Crippen molar-refractivity contribution in [2.45, 2.75) is 146 Å². The Morgan fingerprint density at radius 2 is 1.20 bits per heavy atom. The molecule has 0 saturated heterocycles. The molecule has 0 amide bonds. The Morgan fingerprint density at radius 3 is 1.74 bits per heavy atom. The molecule has 0 aromatic carbocycles. The molecule has 1 aliphatic rings. The zero-order valence-electron chi connectivity index (χ0n) is 27.5. The number of unbranched alkanes of at least 4 members (excludes halogenated alkanes) is 2. The number of cyclic esters (lactones) is 1. The van der Waals surface area contributed by atoms with Crippen molar-refractivity contribution in [2.75, 3.05) is 0 Å². The van der Waals surface area contributed by atoms with Crippen molar-refractivity contribution in [1.82, 2.24) is 0 Å². The van der Waals surface area contributed by atoms with Crippen molar-refractivity contribution in [3.63, 3.8) is 0 Å². The molecule has 1 rings (SSSR count). The Bertz CT molecular complexity index is 991. The molecule has 0 aromatic heterocycles. The maximum atomic E-state index is 13.1. The summed E-state index contributed by atoms with van der Waals surface area (Å²) in [6, 6.07) is 0. The zero-order chi connectivity index (χ0) is 34.6. The third kappa shape index (κ3) is 17.7. The zero-order valence-corrected chi connectivity index (χ0v) is 27.5. The highest BCUT2D eigenvalue weighted by Crippen LogP contribution is 2.24. The first-order chi connectivity index (χ1) is 21.7. The lowest BCUT2D eigenvalue weighted by atomic mass is 9.87. The summed E-state index contributed by atoms with van der Waals surface area (Å²) in [5.74, 6) is -2.33. The molecule has 11 heteroatoms. The number of carbonyl (C=O) groups is 1. The smallest absolute Gasteiger partial charge is 0.314 e. The molecule has 264 valence electrons. The van der Waals surface area contributed by atoms with Crippen molar-refractivity contribution in [1.29, 1.82) is 0 Å². The number of carbonyl (C=O) groups excluding carboxylic acids is 1. The minimum atomic E-state index is -1.52. The van der Waals surface area contributed by atoms with Crippen molar-refractivity contribution in [3.8, 4) is 0 Å². The van der Waals surface area contributed by atoms with Crippen LogP contribution in [0.5, 0.6) is 0 Å². The number of allylic oxidation sites excluding steroid dienone is 8. The molecule has 0 spiro atoms. The first kappa shape index (κ1) is 41.8. The van der Waals surface area contributed by atoms with Crippen LogP contribution in [0, 0.1) is 5.92 Å². The first-order valence-corrected chi connectivity index (χ1v) is 16.4. The van der Waals surface area contributed by atoms with Gasteiger partial charge in [0.25, 0.3) is 0 Å². The van der Waals surface area contributed by atoms with Gasteiger partial charge in [-0.25, -0.2) is 0 Å². The number of aliphatic hydroxyl groups is 9. The molecule has 1 aliphatic heterocycles. The highest BCUT2D eigenvalue weighted by molar-refractivity contribution is 5.74.